The van der Waals surface area contributed by atoms with E-state index in [9.17, 15) is 4.39 Å². The van der Waals surface area contributed by atoms with E-state index in [2.05, 4.69) is 20.5 Å². The Hall–Kier alpha value is -2.54. The molecule has 0 aliphatic rings. The predicted octanol–water partition coefficient (Wildman–Crippen LogP) is 3.40. The minimum Gasteiger partial charge on any atom is -0.383 e. The number of nitrogens with zero attached hydrogens (tertiary/aromatic N) is 5. The maximum absolute atomic E-state index is 14.4. The van der Waals surface area contributed by atoms with Crippen molar-refractivity contribution in [2.75, 3.05) is 5.73 Å². The van der Waals surface area contributed by atoms with Crippen LogP contribution in [0, 0.1) is 5.82 Å². The molecule has 0 atom stereocenters. The Bertz CT molecular complexity index is 900. The van der Waals surface area contributed by atoms with Crippen LogP contribution in [0.1, 0.15) is 26.3 Å². The summed E-state index contributed by atoms with van der Waals surface area (Å²) in [6, 6.07) is 6.50. The SMILES string of the molecule is CC(C)(C)c1ccnc(N)c1-c1nnnn1-c1cccc(Cl)c1F. The Balaban J connectivity index is 2.29. The van der Waals surface area contributed by atoms with Gasteiger partial charge in [-0.3, -0.25) is 0 Å². The zero-order chi connectivity index (χ0) is 17.5. The molecule has 1 aromatic carbocycles. The third-order valence-electron chi connectivity index (χ3n) is 3.64. The van der Waals surface area contributed by atoms with Crippen LogP contribution in [0.5, 0.6) is 0 Å². The first kappa shape index (κ1) is 16.3. The summed E-state index contributed by atoms with van der Waals surface area (Å²) in [6.45, 7) is 6.12. The molecule has 0 saturated carbocycles. The second-order valence-corrected chi connectivity index (χ2v) is 6.76. The van der Waals surface area contributed by atoms with Crippen LogP contribution in [0.15, 0.2) is 30.5 Å². The standard InChI is InChI=1S/C16H16ClFN6/c1-16(2,3)9-7-8-20-14(19)12(9)15-21-22-23-24(15)11-6-4-5-10(17)13(11)18/h4-8H,1-3H3,(H2,19,20). The maximum Gasteiger partial charge on any atom is 0.191 e. The van der Waals surface area contributed by atoms with Crippen molar-refractivity contribution < 1.29 is 4.39 Å². The fraction of sp³-hybridized carbons (Fsp3) is 0.250. The highest BCUT2D eigenvalue weighted by Gasteiger charge is 2.26. The molecule has 3 rings (SSSR count). The Labute approximate surface area is 143 Å². The zero-order valence-corrected chi connectivity index (χ0v) is 14.2. The van der Waals surface area contributed by atoms with E-state index >= 15 is 0 Å². The van der Waals surface area contributed by atoms with Crippen LogP contribution in [-0.4, -0.2) is 25.2 Å². The van der Waals surface area contributed by atoms with Gasteiger partial charge in [-0.1, -0.05) is 38.4 Å². The lowest BCUT2D eigenvalue weighted by atomic mass is 9.84. The Morgan fingerprint density at radius 3 is 2.67 bits per heavy atom. The van der Waals surface area contributed by atoms with Crippen molar-refractivity contribution in [1.82, 2.24) is 25.2 Å². The summed E-state index contributed by atoms with van der Waals surface area (Å²) < 4.78 is 15.7. The summed E-state index contributed by atoms with van der Waals surface area (Å²) >= 11 is 5.87. The Morgan fingerprint density at radius 2 is 1.96 bits per heavy atom. The van der Waals surface area contributed by atoms with Crippen LogP contribution >= 0.6 is 11.6 Å². The molecule has 0 radical (unpaired) electrons. The molecule has 3 aromatic rings. The molecule has 0 aliphatic carbocycles. The fourth-order valence-electron chi connectivity index (χ4n) is 2.50. The fourth-order valence-corrected chi connectivity index (χ4v) is 2.67. The van der Waals surface area contributed by atoms with E-state index in [0.29, 0.717) is 11.4 Å². The molecule has 0 aliphatic heterocycles. The van der Waals surface area contributed by atoms with Crippen LogP contribution in [0.4, 0.5) is 10.2 Å². The molecule has 8 heteroatoms. The smallest absolute Gasteiger partial charge is 0.191 e. The minimum absolute atomic E-state index is 0.0100. The van der Waals surface area contributed by atoms with E-state index in [1.807, 2.05) is 26.8 Å². The van der Waals surface area contributed by atoms with Crippen LogP contribution in [0.2, 0.25) is 5.02 Å². The van der Waals surface area contributed by atoms with Gasteiger partial charge in [0.2, 0.25) is 0 Å². The van der Waals surface area contributed by atoms with Gasteiger partial charge in [-0.25, -0.2) is 9.37 Å². The molecular weight excluding hydrogens is 331 g/mol. The van der Waals surface area contributed by atoms with E-state index in [1.54, 1.807) is 18.3 Å². The number of hydrogen-bond donors (Lipinski definition) is 1. The molecule has 0 spiro atoms. The van der Waals surface area contributed by atoms with Crippen LogP contribution in [-0.2, 0) is 5.41 Å². The lowest BCUT2D eigenvalue weighted by molar-refractivity contribution is 0.589. The molecular formula is C16H16ClFN6. The maximum atomic E-state index is 14.4. The highest BCUT2D eigenvalue weighted by Crippen LogP contribution is 2.35. The summed E-state index contributed by atoms with van der Waals surface area (Å²) in [5.41, 5.74) is 7.49. The Morgan fingerprint density at radius 1 is 1.21 bits per heavy atom. The number of aromatic nitrogens is 5. The summed E-state index contributed by atoms with van der Waals surface area (Å²) in [5, 5.41) is 11.6. The van der Waals surface area contributed by atoms with Crippen molar-refractivity contribution in [2.45, 2.75) is 26.2 Å². The van der Waals surface area contributed by atoms with Gasteiger partial charge in [0.1, 0.15) is 11.5 Å². The monoisotopic (exact) mass is 346 g/mol. The topological polar surface area (TPSA) is 82.5 Å². The van der Waals surface area contributed by atoms with Crippen molar-refractivity contribution in [1.29, 1.82) is 0 Å². The van der Waals surface area contributed by atoms with Crippen molar-refractivity contribution in [3.05, 3.63) is 46.9 Å². The van der Waals surface area contributed by atoms with Gasteiger partial charge in [0.25, 0.3) is 0 Å². The number of nitrogen functional groups attached to an aromatic ring is 1. The number of rotatable bonds is 2. The van der Waals surface area contributed by atoms with Crippen LogP contribution in [0.25, 0.3) is 17.1 Å². The van der Waals surface area contributed by atoms with Gasteiger partial charge in [0.05, 0.1) is 10.6 Å². The highest BCUT2D eigenvalue weighted by atomic mass is 35.5. The van der Waals surface area contributed by atoms with E-state index in [1.165, 1.54) is 10.7 Å². The predicted molar refractivity (Wildman–Crippen MR) is 90.5 cm³/mol. The summed E-state index contributed by atoms with van der Waals surface area (Å²) in [7, 11) is 0. The number of anilines is 1. The highest BCUT2D eigenvalue weighted by molar-refractivity contribution is 6.30. The van der Waals surface area contributed by atoms with Crippen molar-refractivity contribution in [2.24, 2.45) is 0 Å². The van der Waals surface area contributed by atoms with Gasteiger partial charge in [-0.2, -0.15) is 4.68 Å². The third kappa shape index (κ3) is 2.71. The molecule has 0 bridgehead atoms. The van der Waals surface area contributed by atoms with Gasteiger partial charge < -0.3 is 5.73 Å². The minimum atomic E-state index is -0.604. The third-order valence-corrected chi connectivity index (χ3v) is 3.93. The number of halogens is 2. The van der Waals surface area contributed by atoms with Gasteiger partial charge in [0.15, 0.2) is 11.6 Å². The van der Waals surface area contributed by atoms with Crippen LogP contribution < -0.4 is 5.73 Å². The quantitative estimate of drug-likeness (QED) is 0.769. The molecule has 24 heavy (non-hydrogen) atoms. The van der Waals surface area contributed by atoms with Crippen molar-refractivity contribution >= 4 is 17.4 Å². The largest absolute Gasteiger partial charge is 0.383 e. The van der Waals surface area contributed by atoms with E-state index in [0.717, 1.165) is 5.56 Å². The number of nitrogens with two attached hydrogens (primary N) is 1. The van der Waals surface area contributed by atoms with Gasteiger partial charge in [-0.05, 0) is 39.6 Å². The molecule has 6 nitrogen and oxygen atoms in total. The van der Waals surface area contributed by atoms with E-state index in [-0.39, 0.29) is 21.9 Å². The molecule has 0 saturated heterocycles. The summed E-state index contributed by atoms with van der Waals surface area (Å²) in [5.74, 6) is -0.0138. The van der Waals surface area contributed by atoms with Gasteiger partial charge in [0, 0.05) is 6.20 Å². The van der Waals surface area contributed by atoms with Crippen LogP contribution in [0.3, 0.4) is 0 Å². The summed E-state index contributed by atoms with van der Waals surface area (Å²) in [6.07, 6.45) is 1.63. The Kier molecular flexibility index (Phi) is 3.96. The number of tetrazole rings is 1. The normalized spacial score (nSPS) is 11.7. The number of hydrogen-bond acceptors (Lipinski definition) is 5. The first-order valence-electron chi connectivity index (χ1n) is 7.29. The van der Waals surface area contributed by atoms with Crippen molar-refractivity contribution in [3.8, 4) is 17.1 Å². The first-order chi connectivity index (χ1) is 11.3. The molecule has 0 unspecified atom stereocenters. The average Bonchev–Trinajstić information content (AvgIpc) is 2.98. The lowest BCUT2D eigenvalue weighted by Crippen LogP contribution is -2.16. The number of pyridine rings is 1. The molecule has 0 fully saturated rings. The lowest BCUT2D eigenvalue weighted by Gasteiger charge is -2.23. The second-order valence-electron chi connectivity index (χ2n) is 6.36. The molecule has 2 heterocycles. The molecule has 2 N–H and O–H groups in total. The second kappa shape index (κ2) is 5.83. The van der Waals surface area contributed by atoms with Gasteiger partial charge >= 0.3 is 0 Å². The average molecular weight is 347 g/mol. The molecule has 0 amide bonds. The van der Waals surface area contributed by atoms with Gasteiger partial charge in [-0.15, -0.1) is 5.10 Å². The molecule has 2 aromatic heterocycles. The summed E-state index contributed by atoms with van der Waals surface area (Å²) in [4.78, 5) is 4.13. The van der Waals surface area contributed by atoms with E-state index < -0.39 is 5.82 Å². The zero-order valence-electron chi connectivity index (χ0n) is 13.5. The molecule has 124 valence electrons. The van der Waals surface area contributed by atoms with Crippen molar-refractivity contribution in [3.63, 3.8) is 0 Å². The number of benzene rings is 1. The first-order valence-corrected chi connectivity index (χ1v) is 7.66. The van der Waals surface area contributed by atoms with E-state index in [4.69, 9.17) is 17.3 Å².